The zero-order valence-electron chi connectivity index (χ0n) is 7.45. The number of rotatable bonds is 0. The van der Waals surface area contributed by atoms with Crippen molar-refractivity contribution in [2.24, 2.45) is 0 Å². The maximum absolute atomic E-state index is 11.8. The molecular formula is C10H10N2O. The van der Waals surface area contributed by atoms with E-state index in [1.54, 1.807) is 11.1 Å². The van der Waals surface area contributed by atoms with Gasteiger partial charge in [0.1, 0.15) is 0 Å². The standard InChI is InChI=1S/C10H10N2O/c1-12-8-2-5-11-6-7(8)10(3-4-10)9(12)13/h2,5-6H,3-4H2,1H3. The first kappa shape index (κ1) is 7.06. The van der Waals surface area contributed by atoms with Crippen molar-refractivity contribution in [2.75, 3.05) is 11.9 Å². The first-order valence-electron chi connectivity index (χ1n) is 4.48. The first-order valence-corrected chi connectivity index (χ1v) is 4.48. The highest BCUT2D eigenvalue weighted by Gasteiger charge is 2.58. The van der Waals surface area contributed by atoms with E-state index in [1.165, 1.54) is 0 Å². The third-order valence-corrected chi connectivity index (χ3v) is 3.14. The lowest BCUT2D eigenvalue weighted by molar-refractivity contribution is -0.119. The molecule has 0 radical (unpaired) electrons. The molecule has 2 heterocycles. The SMILES string of the molecule is CN1C(=O)C2(CC2)c2cnccc21. The van der Waals surface area contributed by atoms with Crippen LogP contribution in [-0.2, 0) is 10.2 Å². The highest BCUT2D eigenvalue weighted by atomic mass is 16.2. The number of likely N-dealkylation sites (N-methyl/N-ethyl adjacent to an activating group) is 1. The van der Waals surface area contributed by atoms with Crippen molar-refractivity contribution in [3.8, 4) is 0 Å². The second kappa shape index (κ2) is 1.92. The van der Waals surface area contributed by atoms with Crippen LogP contribution < -0.4 is 4.90 Å². The summed E-state index contributed by atoms with van der Waals surface area (Å²) in [5, 5.41) is 0. The summed E-state index contributed by atoms with van der Waals surface area (Å²) in [7, 11) is 1.84. The van der Waals surface area contributed by atoms with Crippen LogP contribution in [0.4, 0.5) is 5.69 Å². The van der Waals surface area contributed by atoms with E-state index in [9.17, 15) is 4.79 Å². The Morgan fingerprint density at radius 2 is 2.31 bits per heavy atom. The Kier molecular flexibility index (Phi) is 1.04. The number of amides is 1. The predicted octanol–water partition coefficient (Wildman–Crippen LogP) is 1.09. The van der Waals surface area contributed by atoms with Crippen LogP contribution in [0.1, 0.15) is 18.4 Å². The molecule has 66 valence electrons. The van der Waals surface area contributed by atoms with E-state index in [1.807, 2.05) is 19.3 Å². The molecule has 2 aliphatic rings. The fourth-order valence-corrected chi connectivity index (χ4v) is 2.20. The van der Waals surface area contributed by atoms with Gasteiger partial charge in [-0.1, -0.05) is 0 Å². The number of nitrogens with zero attached hydrogens (tertiary/aromatic N) is 2. The van der Waals surface area contributed by atoms with Gasteiger partial charge in [0.2, 0.25) is 5.91 Å². The van der Waals surface area contributed by atoms with Crippen LogP contribution in [0.2, 0.25) is 0 Å². The van der Waals surface area contributed by atoms with Gasteiger partial charge in [-0.05, 0) is 18.9 Å². The van der Waals surface area contributed by atoms with E-state index >= 15 is 0 Å². The molecule has 13 heavy (non-hydrogen) atoms. The van der Waals surface area contributed by atoms with Crippen LogP contribution in [0.3, 0.4) is 0 Å². The highest BCUT2D eigenvalue weighted by molar-refractivity contribution is 6.09. The van der Waals surface area contributed by atoms with Gasteiger partial charge in [-0.25, -0.2) is 0 Å². The maximum Gasteiger partial charge on any atom is 0.237 e. The van der Waals surface area contributed by atoms with Gasteiger partial charge in [0, 0.05) is 25.0 Å². The van der Waals surface area contributed by atoms with Crippen molar-refractivity contribution >= 4 is 11.6 Å². The monoisotopic (exact) mass is 174 g/mol. The second-order valence-corrected chi connectivity index (χ2v) is 3.84. The minimum Gasteiger partial charge on any atom is -0.314 e. The molecule has 1 aliphatic heterocycles. The number of pyridine rings is 1. The van der Waals surface area contributed by atoms with E-state index < -0.39 is 0 Å². The fraction of sp³-hybridized carbons (Fsp3) is 0.400. The van der Waals surface area contributed by atoms with E-state index in [0.717, 1.165) is 24.1 Å². The first-order chi connectivity index (χ1) is 6.26. The van der Waals surface area contributed by atoms with Gasteiger partial charge >= 0.3 is 0 Å². The molecule has 1 aromatic rings. The Bertz CT molecular complexity index is 396. The Morgan fingerprint density at radius 1 is 1.54 bits per heavy atom. The number of carbonyl (C=O) groups is 1. The molecule has 1 saturated carbocycles. The lowest BCUT2D eigenvalue weighted by atomic mass is 10.0. The van der Waals surface area contributed by atoms with Crippen molar-refractivity contribution in [2.45, 2.75) is 18.3 Å². The maximum atomic E-state index is 11.8. The zero-order chi connectivity index (χ0) is 9.05. The second-order valence-electron chi connectivity index (χ2n) is 3.84. The van der Waals surface area contributed by atoms with Gasteiger partial charge in [0.25, 0.3) is 0 Å². The van der Waals surface area contributed by atoms with E-state index in [0.29, 0.717) is 0 Å². The Hall–Kier alpha value is -1.38. The molecule has 0 aromatic carbocycles. The topological polar surface area (TPSA) is 33.2 Å². The molecule has 3 rings (SSSR count). The summed E-state index contributed by atoms with van der Waals surface area (Å²) in [6.07, 6.45) is 5.57. The van der Waals surface area contributed by atoms with Crippen molar-refractivity contribution in [3.63, 3.8) is 0 Å². The summed E-state index contributed by atoms with van der Waals surface area (Å²) in [6, 6.07) is 1.92. The van der Waals surface area contributed by atoms with Crippen LogP contribution in [0.25, 0.3) is 0 Å². The summed E-state index contributed by atoms with van der Waals surface area (Å²) in [5.41, 5.74) is 2.00. The molecule has 0 unspecified atom stereocenters. The normalized spacial score (nSPS) is 22.2. The molecule has 1 aliphatic carbocycles. The molecule has 3 nitrogen and oxygen atoms in total. The van der Waals surface area contributed by atoms with Gasteiger partial charge in [0.15, 0.2) is 0 Å². The summed E-state index contributed by atoms with van der Waals surface area (Å²) >= 11 is 0. The van der Waals surface area contributed by atoms with E-state index in [-0.39, 0.29) is 11.3 Å². The van der Waals surface area contributed by atoms with Crippen LogP contribution in [-0.4, -0.2) is 17.9 Å². The number of anilines is 1. The van der Waals surface area contributed by atoms with Gasteiger partial charge in [0.05, 0.1) is 11.1 Å². The fourth-order valence-electron chi connectivity index (χ4n) is 2.20. The molecule has 0 atom stereocenters. The summed E-state index contributed by atoms with van der Waals surface area (Å²) in [5.74, 6) is 0.246. The number of hydrogen-bond acceptors (Lipinski definition) is 2. The van der Waals surface area contributed by atoms with Crippen molar-refractivity contribution in [1.82, 2.24) is 4.98 Å². The minimum absolute atomic E-state index is 0.168. The third-order valence-electron chi connectivity index (χ3n) is 3.14. The predicted molar refractivity (Wildman–Crippen MR) is 48.6 cm³/mol. The molecular weight excluding hydrogens is 164 g/mol. The molecule has 1 fully saturated rings. The smallest absolute Gasteiger partial charge is 0.237 e. The molecule has 0 bridgehead atoms. The largest absolute Gasteiger partial charge is 0.314 e. The highest BCUT2D eigenvalue weighted by Crippen LogP contribution is 2.56. The summed E-state index contributed by atoms with van der Waals surface area (Å²) < 4.78 is 0. The lowest BCUT2D eigenvalue weighted by Gasteiger charge is -2.09. The minimum atomic E-state index is -0.168. The average molecular weight is 174 g/mol. The Balaban J connectivity index is 2.27. The van der Waals surface area contributed by atoms with Gasteiger partial charge in [-0.2, -0.15) is 0 Å². The molecule has 0 N–H and O–H groups in total. The average Bonchev–Trinajstić information content (AvgIpc) is 2.93. The molecule has 1 spiro atoms. The van der Waals surface area contributed by atoms with Crippen LogP contribution in [0.15, 0.2) is 18.5 Å². The van der Waals surface area contributed by atoms with Crippen LogP contribution >= 0.6 is 0 Å². The lowest BCUT2D eigenvalue weighted by Crippen LogP contribution is -2.27. The summed E-state index contributed by atoms with van der Waals surface area (Å²) in [4.78, 5) is 17.7. The number of aromatic nitrogens is 1. The Morgan fingerprint density at radius 3 is 3.00 bits per heavy atom. The number of fused-ring (bicyclic) bond motifs is 2. The van der Waals surface area contributed by atoms with Crippen molar-refractivity contribution < 1.29 is 4.79 Å². The quantitative estimate of drug-likeness (QED) is 0.590. The molecule has 1 amide bonds. The zero-order valence-corrected chi connectivity index (χ0v) is 7.45. The van der Waals surface area contributed by atoms with Crippen molar-refractivity contribution in [1.29, 1.82) is 0 Å². The number of hydrogen-bond donors (Lipinski definition) is 0. The molecule has 3 heteroatoms. The van der Waals surface area contributed by atoms with E-state index in [4.69, 9.17) is 0 Å². The number of carbonyl (C=O) groups excluding carboxylic acids is 1. The van der Waals surface area contributed by atoms with E-state index in [2.05, 4.69) is 4.98 Å². The molecule has 0 saturated heterocycles. The van der Waals surface area contributed by atoms with Gasteiger partial charge in [-0.15, -0.1) is 0 Å². The Labute approximate surface area is 76.4 Å². The van der Waals surface area contributed by atoms with Crippen LogP contribution in [0, 0.1) is 0 Å². The molecule has 1 aromatic heterocycles. The van der Waals surface area contributed by atoms with Gasteiger partial charge < -0.3 is 4.90 Å². The summed E-state index contributed by atoms with van der Waals surface area (Å²) in [6.45, 7) is 0. The third kappa shape index (κ3) is 0.658. The van der Waals surface area contributed by atoms with Crippen molar-refractivity contribution in [3.05, 3.63) is 24.0 Å². The van der Waals surface area contributed by atoms with Crippen LogP contribution in [0.5, 0.6) is 0 Å². The van der Waals surface area contributed by atoms with Gasteiger partial charge in [-0.3, -0.25) is 9.78 Å².